The first-order valence-electron chi connectivity index (χ1n) is 10.7. The highest BCUT2D eigenvalue weighted by molar-refractivity contribution is 7.89. The molecule has 1 aromatic heterocycles. The summed E-state index contributed by atoms with van der Waals surface area (Å²) < 4.78 is 33.6. The molecule has 2 heterocycles. The second-order valence-electron chi connectivity index (χ2n) is 8.93. The number of sulfonamides is 1. The van der Waals surface area contributed by atoms with Gasteiger partial charge in [-0.2, -0.15) is 4.31 Å². The van der Waals surface area contributed by atoms with Crippen molar-refractivity contribution in [2.24, 2.45) is 11.8 Å². The van der Waals surface area contributed by atoms with E-state index in [4.69, 9.17) is 4.42 Å². The van der Waals surface area contributed by atoms with Crippen molar-refractivity contribution in [2.75, 3.05) is 13.1 Å². The number of furan rings is 1. The summed E-state index contributed by atoms with van der Waals surface area (Å²) in [5.41, 5.74) is 0.402. The molecule has 1 aromatic carbocycles. The van der Waals surface area contributed by atoms with Gasteiger partial charge in [0.1, 0.15) is 5.76 Å². The van der Waals surface area contributed by atoms with Crippen molar-refractivity contribution in [3.05, 3.63) is 54.0 Å². The molecule has 1 amide bonds. The highest BCUT2D eigenvalue weighted by Crippen LogP contribution is 2.36. The van der Waals surface area contributed by atoms with Crippen LogP contribution in [-0.4, -0.2) is 42.7 Å². The first-order chi connectivity index (χ1) is 14.3. The van der Waals surface area contributed by atoms with Crippen molar-refractivity contribution in [2.45, 2.75) is 57.0 Å². The molecule has 3 atom stereocenters. The van der Waals surface area contributed by atoms with Crippen molar-refractivity contribution in [1.29, 1.82) is 0 Å². The fraction of sp³-hybridized carbons (Fsp3) is 0.522. The zero-order chi connectivity index (χ0) is 21.5. The molecule has 1 aliphatic carbocycles. The molecule has 30 heavy (non-hydrogen) atoms. The average molecular weight is 431 g/mol. The van der Waals surface area contributed by atoms with Crippen LogP contribution in [0.4, 0.5) is 0 Å². The molecule has 0 bridgehead atoms. The summed E-state index contributed by atoms with van der Waals surface area (Å²) in [5.74, 6) is 1.23. The van der Waals surface area contributed by atoms with E-state index in [0.29, 0.717) is 30.5 Å². The van der Waals surface area contributed by atoms with Crippen LogP contribution >= 0.6 is 0 Å². The summed E-state index contributed by atoms with van der Waals surface area (Å²) in [5, 5.41) is 0. The maximum Gasteiger partial charge on any atom is 0.254 e. The summed E-state index contributed by atoms with van der Waals surface area (Å²) in [6, 6.07) is 10.1. The van der Waals surface area contributed by atoms with E-state index in [-0.39, 0.29) is 22.9 Å². The molecular weight excluding hydrogens is 400 g/mol. The van der Waals surface area contributed by atoms with Crippen LogP contribution in [0.15, 0.2) is 52.0 Å². The Hall–Kier alpha value is -2.12. The van der Waals surface area contributed by atoms with Crippen molar-refractivity contribution >= 4 is 15.9 Å². The zero-order valence-electron chi connectivity index (χ0n) is 17.8. The predicted molar refractivity (Wildman–Crippen MR) is 114 cm³/mol. The topological polar surface area (TPSA) is 70.8 Å². The Labute approximate surface area is 178 Å². The van der Waals surface area contributed by atoms with Gasteiger partial charge in [-0.05, 0) is 68.4 Å². The predicted octanol–water partition coefficient (Wildman–Crippen LogP) is 4.31. The number of carbonyl (C=O) groups is 1. The third-order valence-electron chi connectivity index (χ3n) is 6.10. The van der Waals surface area contributed by atoms with Crippen LogP contribution in [0.2, 0.25) is 0 Å². The summed E-state index contributed by atoms with van der Waals surface area (Å²) >= 11 is 0. The molecule has 6 nitrogen and oxygen atoms in total. The van der Waals surface area contributed by atoms with E-state index >= 15 is 0 Å². The van der Waals surface area contributed by atoms with Crippen LogP contribution in [0.5, 0.6) is 0 Å². The number of nitrogens with zero attached hydrogens (tertiary/aromatic N) is 2. The van der Waals surface area contributed by atoms with E-state index in [1.54, 1.807) is 28.8 Å². The van der Waals surface area contributed by atoms with Crippen LogP contribution in [0.25, 0.3) is 0 Å². The number of rotatable bonds is 6. The number of hydrogen-bond donors (Lipinski definition) is 0. The third-order valence-corrected chi connectivity index (χ3v) is 7.93. The quantitative estimate of drug-likeness (QED) is 0.685. The highest BCUT2D eigenvalue weighted by atomic mass is 32.2. The SMILES string of the molecule is CC1CC(C)CN(S(=O)(=O)c2cccc(C(=O)N(C3CC3)C(C)c3ccco3)c2)C1. The summed E-state index contributed by atoms with van der Waals surface area (Å²) in [7, 11) is -3.63. The molecule has 0 spiro atoms. The van der Waals surface area contributed by atoms with Gasteiger partial charge in [0, 0.05) is 24.7 Å². The molecule has 1 saturated carbocycles. The van der Waals surface area contributed by atoms with Crippen molar-refractivity contribution in [3.63, 3.8) is 0 Å². The van der Waals surface area contributed by atoms with E-state index in [0.717, 1.165) is 25.0 Å². The Morgan fingerprint density at radius 1 is 1.13 bits per heavy atom. The largest absolute Gasteiger partial charge is 0.467 e. The minimum Gasteiger partial charge on any atom is -0.467 e. The van der Waals surface area contributed by atoms with E-state index < -0.39 is 10.0 Å². The average Bonchev–Trinajstić information content (AvgIpc) is 3.38. The first kappa shape index (κ1) is 21.1. The van der Waals surface area contributed by atoms with Gasteiger partial charge in [0.25, 0.3) is 5.91 Å². The monoisotopic (exact) mass is 430 g/mol. The highest BCUT2D eigenvalue weighted by Gasteiger charge is 2.38. The van der Waals surface area contributed by atoms with Gasteiger partial charge in [-0.25, -0.2) is 8.42 Å². The minimum absolute atomic E-state index is 0.154. The fourth-order valence-corrected chi connectivity index (χ4v) is 6.29. The molecule has 162 valence electrons. The van der Waals surface area contributed by atoms with Gasteiger partial charge >= 0.3 is 0 Å². The maximum absolute atomic E-state index is 13.4. The van der Waals surface area contributed by atoms with Gasteiger partial charge in [0.2, 0.25) is 10.0 Å². The minimum atomic E-state index is -3.63. The van der Waals surface area contributed by atoms with Gasteiger partial charge < -0.3 is 9.32 Å². The second-order valence-corrected chi connectivity index (χ2v) is 10.9. The Balaban J connectivity index is 1.61. The smallest absolute Gasteiger partial charge is 0.254 e. The Bertz CT molecular complexity index is 988. The van der Waals surface area contributed by atoms with Gasteiger partial charge in [-0.3, -0.25) is 4.79 Å². The van der Waals surface area contributed by atoms with Crippen LogP contribution in [0.3, 0.4) is 0 Å². The summed E-state index contributed by atoms with van der Waals surface area (Å²) in [4.78, 5) is 15.4. The van der Waals surface area contributed by atoms with E-state index in [1.807, 2.05) is 24.0 Å². The van der Waals surface area contributed by atoms with Crippen LogP contribution in [0.1, 0.15) is 62.2 Å². The fourth-order valence-electron chi connectivity index (χ4n) is 4.57. The van der Waals surface area contributed by atoms with Crippen LogP contribution < -0.4 is 0 Å². The van der Waals surface area contributed by atoms with Crippen molar-refractivity contribution in [3.8, 4) is 0 Å². The van der Waals surface area contributed by atoms with Crippen LogP contribution in [0, 0.1) is 11.8 Å². The second kappa shape index (κ2) is 8.19. The zero-order valence-corrected chi connectivity index (χ0v) is 18.6. The molecule has 1 saturated heterocycles. The molecule has 7 heteroatoms. The molecule has 3 unspecified atom stereocenters. The van der Waals surface area contributed by atoms with E-state index in [1.165, 1.54) is 6.07 Å². The first-order valence-corrected chi connectivity index (χ1v) is 12.2. The number of benzene rings is 1. The lowest BCUT2D eigenvalue weighted by molar-refractivity contribution is 0.0652. The molecule has 0 N–H and O–H groups in total. The Kier molecular flexibility index (Phi) is 5.77. The number of hydrogen-bond acceptors (Lipinski definition) is 4. The van der Waals surface area contributed by atoms with Crippen molar-refractivity contribution in [1.82, 2.24) is 9.21 Å². The maximum atomic E-state index is 13.4. The summed E-state index contributed by atoms with van der Waals surface area (Å²) in [6.45, 7) is 7.17. The van der Waals surface area contributed by atoms with Gasteiger partial charge in [0.05, 0.1) is 17.2 Å². The van der Waals surface area contributed by atoms with E-state index in [9.17, 15) is 13.2 Å². The Morgan fingerprint density at radius 2 is 1.83 bits per heavy atom. The molecule has 4 rings (SSSR count). The van der Waals surface area contributed by atoms with Crippen molar-refractivity contribution < 1.29 is 17.6 Å². The molecule has 2 aliphatic rings. The standard InChI is InChI=1S/C23H30N2O4S/c1-16-12-17(2)15-24(14-16)30(27,28)21-7-4-6-19(13-21)23(26)25(20-9-10-20)18(3)22-8-5-11-29-22/h4-8,11,13,16-18,20H,9-10,12,14-15H2,1-3H3. The molecule has 2 fully saturated rings. The Morgan fingerprint density at radius 3 is 2.43 bits per heavy atom. The number of piperidine rings is 1. The lowest BCUT2D eigenvalue weighted by Gasteiger charge is -2.34. The molecule has 0 radical (unpaired) electrons. The lowest BCUT2D eigenvalue weighted by Crippen LogP contribution is -2.42. The summed E-state index contributed by atoms with van der Waals surface area (Å²) in [6.07, 6.45) is 4.55. The third kappa shape index (κ3) is 4.18. The van der Waals surface area contributed by atoms with Gasteiger partial charge in [-0.1, -0.05) is 19.9 Å². The van der Waals surface area contributed by atoms with Gasteiger partial charge in [-0.15, -0.1) is 0 Å². The lowest BCUT2D eigenvalue weighted by atomic mass is 9.94. The number of amides is 1. The normalized spacial score (nSPS) is 23.8. The van der Waals surface area contributed by atoms with Crippen LogP contribution in [-0.2, 0) is 10.0 Å². The number of carbonyl (C=O) groups excluding carboxylic acids is 1. The molecule has 1 aliphatic heterocycles. The molecular formula is C23H30N2O4S. The molecule has 2 aromatic rings. The van der Waals surface area contributed by atoms with Gasteiger partial charge in [0.15, 0.2) is 0 Å². The van der Waals surface area contributed by atoms with E-state index in [2.05, 4.69) is 13.8 Å².